The summed E-state index contributed by atoms with van der Waals surface area (Å²) in [4.78, 5) is 16.4. The van der Waals surface area contributed by atoms with Gasteiger partial charge in [0.2, 0.25) is 5.91 Å². The molecule has 3 aliphatic heterocycles. The second kappa shape index (κ2) is 5.57. The second-order valence-corrected chi connectivity index (χ2v) is 9.49. The number of amides is 1. The van der Waals surface area contributed by atoms with Gasteiger partial charge in [0.1, 0.15) is 0 Å². The number of carbonyl (C=O) groups is 1. The molecule has 24 heavy (non-hydrogen) atoms. The van der Waals surface area contributed by atoms with Crippen molar-refractivity contribution < 1.29 is 26.4 Å². The van der Waals surface area contributed by atoms with Gasteiger partial charge in [-0.25, -0.2) is 8.42 Å². The van der Waals surface area contributed by atoms with E-state index in [4.69, 9.17) is 0 Å². The zero-order valence-electron chi connectivity index (χ0n) is 13.7. The van der Waals surface area contributed by atoms with Gasteiger partial charge in [0.15, 0.2) is 0 Å². The first-order valence-corrected chi connectivity index (χ1v) is 9.42. The van der Waals surface area contributed by atoms with E-state index in [9.17, 15) is 26.4 Å². The van der Waals surface area contributed by atoms with Crippen LogP contribution in [0.2, 0.25) is 0 Å². The molecular formula is C14H22F3N3O3S. The van der Waals surface area contributed by atoms with Gasteiger partial charge in [-0.05, 0) is 25.9 Å². The summed E-state index contributed by atoms with van der Waals surface area (Å²) in [7, 11) is -3.34. The van der Waals surface area contributed by atoms with Gasteiger partial charge in [0.05, 0.1) is 5.92 Å². The van der Waals surface area contributed by atoms with Crippen LogP contribution in [0.4, 0.5) is 13.2 Å². The van der Waals surface area contributed by atoms with Crippen molar-refractivity contribution in [3.63, 3.8) is 0 Å². The van der Waals surface area contributed by atoms with Crippen LogP contribution < -0.4 is 0 Å². The largest absolute Gasteiger partial charge is 0.511 e. The number of fused-ring (bicyclic) bond motifs is 1. The molecule has 6 nitrogen and oxygen atoms in total. The van der Waals surface area contributed by atoms with E-state index < -0.39 is 20.9 Å². The quantitative estimate of drug-likeness (QED) is 0.714. The highest BCUT2D eigenvalue weighted by molar-refractivity contribution is 7.90. The van der Waals surface area contributed by atoms with Crippen LogP contribution in [0.5, 0.6) is 0 Å². The Labute approximate surface area is 139 Å². The summed E-state index contributed by atoms with van der Waals surface area (Å²) in [6.45, 7) is 3.63. The molecule has 3 fully saturated rings. The van der Waals surface area contributed by atoms with Gasteiger partial charge in [-0.1, -0.05) is 6.92 Å². The van der Waals surface area contributed by atoms with Crippen LogP contribution in [-0.2, 0) is 14.8 Å². The van der Waals surface area contributed by atoms with E-state index in [-0.39, 0.29) is 30.8 Å². The van der Waals surface area contributed by atoms with Crippen molar-refractivity contribution in [3.8, 4) is 0 Å². The summed E-state index contributed by atoms with van der Waals surface area (Å²) in [6.07, 6.45) is 0.793. The van der Waals surface area contributed by atoms with Gasteiger partial charge in [-0.3, -0.25) is 4.79 Å². The first-order valence-electron chi connectivity index (χ1n) is 7.98. The molecule has 0 spiro atoms. The Morgan fingerprint density at radius 1 is 1.17 bits per heavy atom. The lowest BCUT2D eigenvalue weighted by molar-refractivity contribution is -0.134. The fraction of sp³-hybridized carbons (Fsp3) is 0.929. The van der Waals surface area contributed by atoms with Crippen molar-refractivity contribution in [2.45, 2.75) is 18.9 Å². The number of nitrogens with zero attached hydrogens (tertiary/aromatic N) is 3. The molecule has 3 aliphatic rings. The fourth-order valence-electron chi connectivity index (χ4n) is 4.18. The van der Waals surface area contributed by atoms with Crippen LogP contribution in [0.25, 0.3) is 0 Å². The summed E-state index contributed by atoms with van der Waals surface area (Å²) in [5.41, 5.74) is -5.88. The van der Waals surface area contributed by atoms with Crippen LogP contribution in [0.1, 0.15) is 13.3 Å². The maximum Gasteiger partial charge on any atom is 0.511 e. The van der Waals surface area contributed by atoms with Crippen molar-refractivity contribution >= 4 is 15.9 Å². The van der Waals surface area contributed by atoms with Crippen molar-refractivity contribution in [3.05, 3.63) is 0 Å². The molecule has 0 aliphatic carbocycles. The smallest absolute Gasteiger partial charge is 0.341 e. The first kappa shape index (κ1) is 17.9. The molecule has 0 aromatic rings. The molecule has 3 atom stereocenters. The number of likely N-dealkylation sites (tertiary alicyclic amines) is 2. The van der Waals surface area contributed by atoms with E-state index in [1.165, 1.54) is 0 Å². The summed E-state index contributed by atoms with van der Waals surface area (Å²) >= 11 is 0. The zero-order chi connectivity index (χ0) is 17.9. The summed E-state index contributed by atoms with van der Waals surface area (Å²) in [6, 6.07) is 0. The molecule has 0 saturated carbocycles. The van der Waals surface area contributed by atoms with Crippen molar-refractivity contribution in [2.24, 2.45) is 17.3 Å². The van der Waals surface area contributed by atoms with Crippen LogP contribution in [0, 0.1) is 17.3 Å². The summed E-state index contributed by atoms with van der Waals surface area (Å²) in [5.74, 6) is -0.273. The standard InChI is InChI=1S/C14H22F3N3O3S/c1-13-8-19(12(21)10-3-4-18(2)5-10)6-11(13)7-20(9-13)24(22,23)14(15,16)17/h10-11H,3-9H2,1-2H3/t10?,11-,13+/m1/s1. The highest BCUT2D eigenvalue weighted by Gasteiger charge is 2.59. The van der Waals surface area contributed by atoms with Gasteiger partial charge in [0.25, 0.3) is 0 Å². The molecule has 138 valence electrons. The molecule has 0 bridgehead atoms. The molecule has 3 saturated heterocycles. The minimum absolute atomic E-state index is 0.0419. The molecule has 0 aromatic heterocycles. The van der Waals surface area contributed by atoms with E-state index in [1.54, 1.807) is 11.8 Å². The Kier molecular flexibility index (Phi) is 4.16. The van der Waals surface area contributed by atoms with Gasteiger partial charge < -0.3 is 9.80 Å². The molecule has 3 heterocycles. The summed E-state index contributed by atoms with van der Waals surface area (Å²) < 4.78 is 61.9. The third kappa shape index (κ3) is 2.82. The van der Waals surface area contributed by atoms with Crippen molar-refractivity contribution in [1.29, 1.82) is 0 Å². The number of hydrogen-bond acceptors (Lipinski definition) is 4. The number of carbonyl (C=O) groups excluding carboxylic acids is 1. The lowest BCUT2D eigenvalue weighted by Crippen LogP contribution is -2.43. The van der Waals surface area contributed by atoms with E-state index in [0.717, 1.165) is 13.0 Å². The Morgan fingerprint density at radius 2 is 1.83 bits per heavy atom. The normalized spacial score (nSPS) is 35.6. The average Bonchev–Trinajstić information content (AvgIpc) is 3.08. The third-order valence-corrected chi connectivity index (χ3v) is 7.17. The zero-order valence-corrected chi connectivity index (χ0v) is 14.5. The highest BCUT2D eigenvalue weighted by Crippen LogP contribution is 2.45. The predicted octanol–water partition coefficient (Wildman–Crippen LogP) is 0.568. The van der Waals surface area contributed by atoms with Gasteiger partial charge >= 0.3 is 15.5 Å². The fourth-order valence-corrected chi connectivity index (χ4v) is 5.31. The molecular weight excluding hydrogens is 347 g/mol. The number of halogens is 3. The first-order chi connectivity index (χ1) is 10.9. The SMILES string of the molecule is CN1CCC(C(=O)N2C[C@@H]3CN(S(=O)(=O)C(F)(F)F)C[C@]3(C)C2)C1. The molecule has 0 aromatic carbocycles. The van der Waals surface area contributed by atoms with Gasteiger partial charge in [-0.15, -0.1) is 0 Å². The van der Waals surface area contributed by atoms with Crippen LogP contribution >= 0.6 is 0 Å². The van der Waals surface area contributed by atoms with E-state index in [2.05, 4.69) is 4.90 Å². The highest BCUT2D eigenvalue weighted by atomic mass is 32.2. The predicted molar refractivity (Wildman–Crippen MR) is 80.3 cm³/mol. The van der Waals surface area contributed by atoms with Crippen LogP contribution in [0.3, 0.4) is 0 Å². The van der Waals surface area contributed by atoms with E-state index in [1.807, 2.05) is 7.05 Å². The van der Waals surface area contributed by atoms with Gasteiger partial charge in [-0.2, -0.15) is 17.5 Å². The molecule has 0 N–H and O–H groups in total. The Bertz CT molecular complexity index is 639. The maximum absolute atomic E-state index is 12.7. The van der Waals surface area contributed by atoms with E-state index >= 15 is 0 Å². The molecule has 1 amide bonds. The van der Waals surface area contributed by atoms with Gasteiger partial charge in [0, 0.05) is 38.1 Å². The Morgan fingerprint density at radius 3 is 2.33 bits per heavy atom. The molecule has 3 rings (SSSR count). The Balaban J connectivity index is 1.68. The third-order valence-electron chi connectivity index (χ3n) is 5.62. The van der Waals surface area contributed by atoms with Crippen LogP contribution in [-0.4, -0.2) is 80.3 Å². The number of rotatable bonds is 2. The molecule has 1 unspecified atom stereocenters. The maximum atomic E-state index is 12.7. The van der Waals surface area contributed by atoms with Crippen molar-refractivity contribution in [2.75, 3.05) is 46.3 Å². The van der Waals surface area contributed by atoms with E-state index in [0.29, 0.717) is 23.9 Å². The van der Waals surface area contributed by atoms with Crippen LogP contribution in [0.15, 0.2) is 0 Å². The average molecular weight is 369 g/mol. The van der Waals surface area contributed by atoms with Crippen molar-refractivity contribution in [1.82, 2.24) is 14.1 Å². The number of alkyl halides is 3. The topological polar surface area (TPSA) is 60.9 Å². The minimum Gasteiger partial charge on any atom is -0.341 e. The molecule has 0 radical (unpaired) electrons. The number of sulfonamides is 1. The monoisotopic (exact) mass is 369 g/mol. The minimum atomic E-state index is -5.29. The lowest BCUT2D eigenvalue weighted by atomic mass is 9.83. The summed E-state index contributed by atoms with van der Waals surface area (Å²) in [5, 5.41) is 0. The number of hydrogen-bond donors (Lipinski definition) is 0. The Hall–Kier alpha value is -0.870. The molecule has 10 heteroatoms. The second-order valence-electron chi connectivity index (χ2n) is 7.56. The lowest BCUT2D eigenvalue weighted by Gasteiger charge is -2.27.